The quantitative estimate of drug-likeness (QED) is 0.152. The zero-order chi connectivity index (χ0) is 32.4. The van der Waals surface area contributed by atoms with E-state index in [2.05, 4.69) is 10.0 Å². The van der Waals surface area contributed by atoms with E-state index in [-0.39, 0.29) is 49.2 Å². The lowest BCUT2D eigenvalue weighted by Gasteiger charge is -2.32. The Kier molecular flexibility index (Phi) is 12.4. The SMILES string of the molecule is CCNS(=O)(=O)c1ccc(CCC(=O)N(Cc2ccc(Cl)cc2)C(Cc2ccccc2)C(=O)NCc2ccc(Cl)cc2Cl)cc1. The first-order valence-corrected chi connectivity index (χ1v) is 17.1. The summed E-state index contributed by atoms with van der Waals surface area (Å²) in [7, 11) is -3.58. The smallest absolute Gasteiger partial charge is 0.243 e. The molecule has 0 aliphatic rings. The molecule has 0 saturated heterocycles. The number of rotatable bonds is 14. The molecular formula is C34H34Cl3N3O4S. The van der Waals surface area contributed by atoms with Crippen LogP contribution in [0, 0.1) is 0 Å². The van der Waals surface area contributed by atoms with E-state index in [9.17, 15) is 18.0 Å². The topological polar surface area (TPSA) is 95.6 Å². The molecule has 0 bridgehead atoms. The Labute approximate surface area is 279 Å². The zero-order valence-corrected chi connectivity index (χ0v) is 27.8. The van der Waals surface area contributed by atoms with Gasteiger partial charge in [0, 0.05) is 47.5 Å². The van der Waals surface area contributed by atoms with E-state index in [0.717, 1.165) is 16.7 Å². The number of benzene rings is 4. The summed E-state index contributed by atoms with van der Waals surface area (Å²) in [6.45, 7) is 2.34. The fourth-order valence-electron chi connectivity index (χ4n) is 4.81. The summed E-state index contributed by atoms with van der Waals surface area (Å²) in [5, 5.41) is 4.46. The summed E-state index contributed by atoms with van der Waals surface area (Å²) in [5.41, 5.74) is 3.21. The van der Waals surface area contributed by atoms with Gasteiger partial charge in [0.15, 0.2) is 0 Å². The zero-order valence-electron chi connectivity index (χ0n) is 24.7. The maximum atomic E-state index is 14.0. The molecule has 4 aromatic carbocycles. The van der Waals surface area contributed by atoms with Crippen LogP contribution in [0.3, 0.4) is 0 Å². The second-order valence-electron chi connectivity index (χ2n) is 10.5. The number of sulfonamides is 1. The van der Waals surface area contributed by atoms with Crippen molar-refractivity contribution in [1.82, 2.24) is 14.9 Å². The van der Waals surface area contributed by atoms with E-state index in [1.807, 2.05) is 42.5 Å². The van der Waals surface area contributed by atoms with Crippen LogP contribution in [0.2, 0.25) is 15.1 Å². The first kappa shape index (κ1) is 34.5. The standard InChI is InChI=1S/C34H34Cl3N3O4S/c1-2-39-45(43,44)30-17-10-24(11-18-30)12-19-33(41)40(23-26-8-14-28(35)15-9-26)32(20-25-6-4-3-5-7-25)34(42)38-22-27-13-16-29(36)21-31(27)37/h3-11,13-18,21,32,39H,2,12,19-20,22-23H2,1H3,(H,38,42). The highest BCUT2D eigenvalue weighted by atomic mass is 35.5. The van der Waals surface area contributed by atoms with Crippen molar-refractivity contribution in [2.24, 2.45) is 0 Å². The maximum absolute atomic E-state index is 14.0. The molecule has 0 aromatic heterocycles. The van der Waals surface area contributed by atoms with Gasteiger partial charge in [-0.2, -0.15) is 0 Å². The average molecular weight is 687 g/mol. The third-order valence-electron chi connectivity index (χ3n) is 7.20. The van der Waals surface area contributed by atoms with Crippen LogP contribution in [0.25, 0.3) is 0 Å². The number of hydrogen-bond donors (Lipinski definition) is 2. The monoisotopic (exact) mass is 685 g/mol. The second-order valence-corrected chi connectivity index (χ2v) is 13.5. The van der Waals surface area contributed by atoms with Crippen LogP contribution < -0.4 is 10.0 Å². The minimum Gasteiger partial charge on any atom is -0.350 e. The molecule has 0 aliphatic heterocycles. The highest BCUT2D eigenvalue weighted by Gasteiger charge is 2.30. The molecule has 2 N–H and O–H groups in total. The third kappa shape index (κ3) is 10.0. The Hall–Kier alpha value is -3.40. The van der Waals surface area contributed by atoms with E-state index >= 15 is 0 Å². The van der Waals surface area contributed by atoms with Gasteiger partial charge in [-0.1, -0.05) is 102 Å². The van der Waals surface area contributed by atoms with Gasteiger partial charge in [0.1, 0.15) is 6.04 Å². The molecule has 0 aliphatic carbocycles. The Morgan fingerprint density at radius 1 is 0.800 bits per heavy atom. The summed E-state index contributed by atoms with van der Waals surface area (Å²) in [5.74, 6) is -0.555. The van der Waals surface area contributed by atoms with Crippen molar-refractivity contribution in [2.45, 2.75) is 50.2 Å². The largest absolute Gasteiger partial charge is 0.350 e. The molecular weight excluding hydrogens is 653 g/mol. The number of nitrogens with zero attached hydrogens (tertiary/aromatic N) is 1. The molecule has 0 radical (unpaired) electrons. The van der Waals surface area contributed by atoms with Crippen molar-refractivity contribution in [3.63, 3.8) is 0 Å². The van der Waals surface area contributed by atoms with Crippen molar-refractivity contribution in [3.8, 4) is 0 Å². The van der Waals surface area contributed by atoms with Crippen LogP contribution >= 0.6 is 34.8 Å². The molecule has 4 aromatic rings. The van der Waals surface area contributed by atoms with Crippen molar-refractivity contribution in [3.05, 3.63) is 134 Å². The van der Waals surface area contributed by atoms with Crippen molar-refractivity contribution in [2.75, 3.05) is 6.54 Å². The maximum Gasteiger partial charge on any atom is 0.243 e. The van der Waals surface area contributed by atoms with Crippen LogP contribution in [-0.4, -0.2) is 37.7 Å². The summed E-state index contributed by atoms with van der Waals surface area (Å²) in [4.78, 5) is 29.6. The fraction of sp³-hybridized carbons (Fsp3) is 0.235. The molecule has 7 nitrogen and oxygen atoms in total. The van der Waals surface area contributed by atoms with Crippen LogP contribution in [-0.2, 0) is 45.5 Å². The molecule has 11 heteroatoms. The van der Waals surface area contributed by atoms with E-state index in [0.29, 0.717) is 27.1 Å². The first-order valence-electron chi connectivity index (χ1n) is 14.4. The highest BCUT2D eigenvalue weighted by molar-refractivity contribution is 7.89. The Balaban J connectivity index is 1.59. The summed E-state index contributed by atoms with van der Waals surface area (Å²) in [6, 6.07) is 27.4. The van der Waals surface area contributed by atoms with Gasteiger partial charge in [-0.15, -0.1) is 0 Å². The molecule has 2 amide bonds. The Morgan fingerprint density at radius 3 is 2.09 bits per heavy atom. The Bertz CT molecular complexity index is 1700. The molecule has 0 fully saturated rings. The molecule has 45 heavy (non-hydrogen) atoms. The van der Waals surface area contributed by atoms with Crippen LogP contribution in [0.15, 0.2) is 102 Å². The highest BCUT2D eigenvalue weighted by Crippen LogP contribution is 2.22. The minimum atomic E-state index is -3.58. The minimum absolute atomic E-state index is 0.106. The van der Waals surface area contributed by atoms with Crippen LogP contribution in [0.4, 0.5) is 0 Å². The molecule has 0 heterocycles. The van der Waals surface area contributed by atoms with Gasteiger partial charge in [0.05, 0.1) is 4.90 Å². The number of amides is 2. The summed E-state index contributed by atoms with van der Waals surface area (Å²) in [6.07, 6.45) is 0.753. The molecule has 4 rings (SSSR count). The molecule has 0 spiro atoms. The van der Waals surface area contributed by atoms with Gasteiger partial charge < -0.3 is 10.2 Å². The summed E-state index contributed by atoms with van der Waals surface area (Å²) < 4.78 is 27.1. The van der Waals surface area contributed by atoms with Gasteiger partial charge >= 0.3 is 0 Å². The normalized spacial score (nSPS) is 12.0. The van der Waals surface area contributed by atoms with Gasteiger partial charge in [-0.05, 0) is 65.1 Å². The lowest BCUT2D eigenvalue weighted by Crippen LogP contribution is -2.50. The number of carbonyl (C=O) groups excluding carboxylic acids is 2. The van der Waals surface area contributed by atoms with E-state index in [1.165, 1.54) is 12.1 Å². The number of aryl methyl sites for hydroxylation is 1. The van der Waals surface area contributed by atoms with Crippen molar-refractivity contribution < 1.29 is 18.0 Å². The number of carbonyl (C=O) groups is 2. The molecule has 236 valence electrons. The van der Waals surface area contributed by atoms with Crippen molar-refractivity contribution in [1.29, 1.82) is 0 Å². The number of halogens is 3. The first-order chi connectivity index (χ1) is 21.6. The summed E-state index contributed by atoms with van der Waals surface area (Å²) >= 11 is 18.5. The van der Waals surface area contributed by atoms with Crippen LogP contribution in [0.1, 0.15) is 35.6 Å². The van der Waals surface area contributed by atoms with E-state index < -0.39 is 16.1 Å². The predicted octanol–water partition coefficient (Wildman–Crippen LogP) is 6.83. The van der Waals surface area contributed by atoms with Gasteiger partial charge in [-0.25, -0.2) is 13.1 Å². The van der Waals surface area contributed by atoms with E-state index in [4.69, 9.17) is 34.8 Å². The second kappa shape index (κ2) is 16.2. The fourth-order valence-corrected chi connectivity index (χ4v) is 6.45. The number of hydrogen-bond acceptors (Lipinski definition) is 4. The van der Waals surface area contributed by atoms with Crippen molar-refractivity contribution >= 4 is 56.6 Å². The lowest BCUT2D eigenvalue weighted by molar-refractivity contribution is -0.141. The van der Waals surface area contributed by atoms with Gasteiger partial charge in [-0.3, -0.25) is 9.59 Å². The predicted molar refractivity (Wildman–Crippen MR) is 180 cm³/mol. The Morgan fingerprint density at radius 2 is 1.44 bits per heavy atom. The van der Waals surface area contributed by atoms with Gasteiger partial charge in [0.2, 0.25) is 21.8 Å². The van der Waals surface area contributed by atoms with Gasteiger partial charge in [0.25, 0.3) is 0 Å². The lowest BCUT2D eigenvalue weighted by atomic mass is 10.0. The van der Waals surface area contributed by atoms with Crippen LogP contribution in [0.5, 0.6) is 0 Å². The third-order valence-corrected chi connectivity index (χ3v) is 9.60. The number of nitrogens with one attached hydrogen (secondary N) is 2. The molecule has 1 atom stereocenters. The molecule has 0 saturated carbocycles. The van der Waals surface area contributed by atoms with E-state index in [1.54, 1.807) is 54.3 Å². The molecule has 1 unspecified atom stereocenters. The average Bonchev–Trinajstić information content (AvgIpc) is 3.02.